The molecular formula is C13H20ClN3S. The summed E-state index contributed by atoms with van der Waals surface area (Å²) < 4.78 is 0. The molecule has 1 aromatic rings. The fraction of sp³-hybridized carbons (Fsp3) is 0.615. The van der Waals surface area contributed by atoms with E-state index in [0.29, 0.717) is 11.3 Å². The van der Waals surface area contributed by atoms with Crippen LogP contribution in [0.4, 0.5) is 5.82 Å². The zero-order valence-electron chi connectivity index (χ0n) is 11.1. The van der Waals surface area contributed by atoms with Crippen molar-refractivity contribution in [3.8, 4) is 0 Å². The molecule has 0 spiro atoms. The second-order valence-electron chi connectivity index (χ2n) is 4.69. The standard InChI is InChI=1S/C13H20ClN3S/c1-9-10(2)18-5-4-17(9)13-12(14)6-11(7-15-3)8-16-13/h6,8-10,15H,4-5,7H2,1-3H3. The number of pyridine rings is 1. The van der Waals surface area contributed by atoms with Crippen molar-refractivity contribution in [2.45, 2.75) is 31.7 Å². The zero-order valence-corrected chi connectivity index (χ0v) is 12.7. The van der Waals surface area contributed by atoms with Crippen LogP contribution < -0.4 is 10.2 Å². The highest BCUT2D eigenvalue weighted by Crippen LogP contribution is 2.32. The molecule has 0 saturated carbocycles. The van der Waals surface area contributed by atoms with Gasteiger partial charge in [0.15, 0.2) is 0 Å². The van der Waals surface area contributed by atoms with Gasteiger partial charge in [-0.3, -0.25) is 0 Å². The third-order valence-corrected chi connectivity index (χ3v) is 5.03. The number of halogens is 1. The van der Waals surface area contributed by atoms with Crippen molar-refractivity contribution < 1.29 is 0 Å². The molecule has 1 aliphatic rings. The van der Waals surface area contributed by atoms with Crippen LogP contribution in [0.1, 0.15) is 19.4 Å². The highest BCUT2D eigenvalue weighted by molar-refractivity contribution is 8.00. The Bertz CT molecular complexity index is 413. The Kier molecular flexibility index (Phi) is 4.76. The molecule has 1 aromatic heterocycles. The fourth-order valence-electron chi connectivity index (χ4n) is 2.21. The van der Waals surface area contributed by atoms with Crippen molar-refractivity contribution in [2.75, 3.05) is 24.2 Å². The lowest BCUT2D eigenvalue weighted by atomic mass is 10.2. The first-order valence-corrected chi connectivity index (χ1v) is 7.73. The van der Waals surface area contributed by atoms with Crippen molar-refractivity contribution in [1.29, 1.82) is 0 Å². The molecule has 3 nitrogen and oxygen atoms in total. The van der Waals surface area contributed by atoms with E-state index in [9.17, 15) is 0 Å². The Morgan fingerprint density at radius 3 is 3.00 bits per heavy atom. The molecule has 0 aliphatic carbocycles. The van der Waals surface area contributed by atoms with Crippen molar-refractivity contribution in [1.82, 2.24) is 10.3 Å². The molecule has 1 saturated heterocycles. The van der Waals surface area contributed by atoms with E-state index >= 15 is 0 Å². The van der Waals surface area contributed by atoms with Gasteiger partial charge in [0.1, 0.15) is 5.82 Å². The van der Waals surface area contributed by atoms with Gasteiger partial charge in [0, 0.05) is 36.3 Å². The average Bonchev–Trinajstić information content (AvgIpc) is 2.34. The molecule has 1 N–H and O–H groups in total. The quantitative estimate of drug-likeness (QED) is 0.924. The normalized spacial score (nSPS) is 24.3. The molecular weight excluding hydrogens is 266 g/mol. The lowest BCUT2D eigenvalue weighted by molar-refractivity contribution is 0.620. The number of anilines is 1. The first-order valence-electron chi connectivity index (χ1n) is 6.30. The van der Waals surface area contributed by atoms with Crippen LogP contribution in [0, 0.1) is 0 Å². The van der Waals surface area contributed by atoms with Gasteiger partial charge in [-0.1, -0.05) is 18.5 Å². The number of nitrogens with one attached hydrogen (secondary N) is 1. The Balaban J connectivity index is 2.22. The van der Waals surface area contributed by atoms with Gasteiger partial charge in [0.2, 0.25) is 0 Å². The molecule has 5 heteroatoms. The van der Waals surface area contributed by atoms with Gasteiger partial charge in [-0.25, -0.2) is 4.98 Å². The van der Waals surface area contributed by atoms with Crippen LogP contribution in [-0.2, 0) is 6.54 Å². The lowest BCUT2D eigenvalue weighted by Crippen LogP contribution is -2.45. The molecule has 0 bridgehead atoms. The molecule has 1 aliphatic heterocycles. The van der Waals surface area contributed by atoms with Crippen LogP contribution in [-0.4, -0.2) is 35.6 Å². The molecule has 2 atom stereocenters. The fourth-order valence-corrected chi connectivity index (χ4v) is 3.61. The lowest BCUT2D eigenvalue weighted by Gasteiger charge is -2.38. The minimum absolute atomic E-state index is 0.476. The van der Waals surface area contributed by atoms with E-state index in [1.54, 1.807) is 0 Å². The van der Waals surface area contributed by atoms with E-state index < -0.39 is 0 Å². The summed E-state index contributed by atoms with van der Waals surface area (Å²) in [5.41, 5.74) is 1.12. The minimum Gasteiger partial charge on any atom is -0.351 e. The summed E-state index contributed by atoms with van der Waals surface area (Å²) in [6.07, 6.45) is 1.91. The summed E-state index contributed by atoms with van der Waals surface area (Å²) in [6, 6.07) is 2.49. The number of hydrogen-bond donors (Lipinski definition) is 1. The summed E-state index contributed by atoms with van der Waals surface area (Å²) in [5, 5.41) is 4.49. The van der Waals surface area contributed by atoms with Gasteiger partial charge < -0.3 is 10.2 Å². The van der Waals surface area contributed by atoms with Crippen molar-refractivity contribution in [3.05, 3.63) is 22.8 Å². The first kappa shape index (κ1) is 14.0. The highest BCUT2D eigenvalue weighted by Gasteiger charge is 2.27. The number of hydrogen-bond acceptors (Lipinski definition) is 4. The highest BCUT2D eigenvalue weighted by atomic mass is 35.5. The number of aromatic nitrogens is 1. The molecule has 18 heavy (non-hydrogen) atoms. The van der Waals surface area contributed by atoms with Crippen molar-refractivity contribution in [2.24, 2.45) is 0 Å². The summed E-state index contributed by atoms with van der Waals surface area (Å²) in [5.74, 6) is 2.07. The van der Waals surface area contributed by atoms with Crippen LogP contribution in [0.5, 0.6) is 0 Å². The number of thioether (sulfide) groups is 1. The minimum atomic E-state index is 0.476. The molecule has 1 fully saturated rings. The molecule has 0 aromatic carbocycles. The monoisotopic (exact) mass is 285 g/mol. The number of nitrogens with zero attached hydrogens (tertiary/aromatic N) is 2. The van der Waals surface area contributed by atoms with Gasteiger partial charge >= 0.3 is 0 Å². The maximum absolute atomic E-state index is 6.37. The van der Waals surface area contributed by atoms with Crippen LogP contribution in [0.25, 0.3) is 0 Å². The molecule has 2 unspecified atom stereocenters. The maximum atomic E-state index is 6.37. The predicted octanol–water partition coefficient (Wildman–Crippen LogP) is 2.78. The van der Waals surface area contributed by atoms with E-state index in [4.69, 9.17) is 11.6 Å². The largest absolute Gasteiger partial charge is 0.351 e. The van der Waals surface area contributed by atoms with E-state index in [1.165, 1.54) is 0 Å². The average molecular weight is 286 g/mol. The van der Waals surface area contributed by atoms with Gasteiger partial charge in [-0.05, 0) is 25.6 Å². The summed E-state index contributed by atoms with van der Waals surface area (Å²) in [7, 11) is 1.92. The third kappa shape index (κ3) is 2.92. The van der Waals surface area contributed by atoms with Crippen LogP contribution in [0.15, 0.2) is 12.3 Å². The zero-order chi connectivity index (χ0) is 13.1. The Morgan fingerprint density at radius 2 is 2.33 bits per heavy atom. The number of rotatable bonds is 3. The van der Waals surface area contributed by atoms with Crippen LogP contribution >= 0.6 is 23.4 Å². The van der Waals surface area contributed by atoms with Gasteiger partial charge in [-0.15, -0.1) is 0 Å². The topological polar surface area (TPSA) is 28.2 Å². The molecule has 2 rings (SSSR count). The second kappa shape index (κ2) is 6.13. The Hall–Kier alpha value is -0.450. The molecule has 100 valence electrons. The van der Waals surface area contributed by atoms with Crippen molar-refractivity contribution in [3.63, 3.8) is 0 Å². The second-order valence-corrected chi connectivity index (χ2v) is 6.58. The SMILES string of the molecule is CNCc1cnc(N2CCSC(C)C2C)c(Cl)c1. The molecule has 0 amide bonds. The van der Waals surface area contributed by atoms with Gasteiger partial charge in [-0.2, -0.15) is 11.8 Å². The van der Waals surface area contributed by atoms with E-state index in [-0.39, 0.29) is 0 Å². The van der Waals surface area contributed by atoms with Crippen molar-refractivity contribution >= 4 is 29.2 Å². The Labute approximate surface area is 118 Å². The van der Waals surface area contributed by atoms with E-state index in [0.717, 1.165) is 35.2 Å². The summed E-state index contributed by atoms with van der Waals surface area (Å²) in [6.45, 7) is 6.34. The Morgan fingerprint density at radius 1 is 1.56 bits per heavy atom. The molecule has 0 radical (unpaired) electrons. The summed E-state index contributed by atoms with van der Waals surface area (Å²) >= 11 is 8.39. The molecule has 2 heterocycles. The van der Waals surface area contributed by atoms with E-state index in [2.05, 4.69) is 29.0 Å². The van der Waals surface area contributed by atoms with Crippen LogP contribution in [0.3, 0.4) is 0 Å². The van der Waals surface area contributed by atoms with Gasteiger partial charge in [0.05, 0.1) is 5.02 Å². The smallest absolute Gasteiger partial charge is 0.147 e. The van der Waals surface area contributed by atoms with E-state index in [1.807, 2.05) is 31.1 Å². The summed E-state index contributed by atoms with van der Waals surface area (Å²) in [4.78, 5) is 6.88. The third-order valence-electron chi connectivity index (χ3n) is 3.42. The van der Waals surface area contributed by atoms with Crippen LogP contribution in [0.2, 0.25) is 5.02 Å². The first-order chi connectivity index (χ1) is 8.63. The predicted molar refractivity (Wildman–Crippen MR) is 80.7 cm³/mol. The maximum Gasteiger partial charge on any atom is 0.147 e. The van der Waals surface area contributed by atoms with Gasteiger partial charge in [0.25, 0.3) is 0 Å².